The molecule has 0 unspecified atom stereocenters. The molecule has 8 N–H and O–H groups in total. The Labute approximate surface area is 119 Å². The molecule has 18 heavy (non-hydrogen) atoms. The van der Waals surface area contributed by atoms with E-state index in [0.29, 0.717) is 0 Å². The van der Waals surface area contributed by atoms with E-state index in [0.717, 1.165) is 0 Å². The standard InChI is InChI=1S/C6H13O9P.H2O.Sn.2H/c7-3-2(1-14-16(11,12)13)15-6(10)5(9)4(3)8;;;;/h2-10H,1H2,(H2,11,12,13);1H2;;;/t2-,3-,4+,5-,6+;;;;/m1..../s1. The monoisotopic (exact) mass is 400 g/mol. The Kier molecular flexibility index (Phi) is 9.40. The summed E-state index contributed by atoms with van der Waals surface area (Å²) < 4.78 is 19.0. The summed E-state index contributed by atoms with van der Waals surface area (Å²) in [4.78, 5) is 16.8. The fourth-order valence-electron chi connectivity index (χ4n) is 1.24. The molecule has 10 nitrogen and oxygen atoms in total. The Bertz CT molecular complexity index is 284. The number of hydrogen-bond donors (Lipinski definition) is 6. The molecule has 0 saturated carbocycles. The summed E-state index contributed by atoms with van der Waals surface area (Å²) >= 11 is 0. The van der Waals surface area contributed by atoms with Gasteiger partial charge in [0.1, 0.15) is 24.4 Å². The summed E-state index contributed by atoms with van der Waals surface area (Å²) in [7, 11) is -4.73. The third-order valence-electron chi connectivity index (χ3n) is 2.09. The maximum absolute atomic E-state index is 10.4. The van der Waals surface area contributed by atoms with E-state index >= 15 is 0 Å². The quantitative estimate of drug-likeness (QED) is 0.200. The second-order valence-electron chi connectivity index (χ2n) is 3.32. The van der Waals surface area contributed by atoms with Gasteiger partial charge in [-0.1, -0.05) is 0 Å². The van der Waals surface area contributed by atoms with E-state index in [1.54, 1.807) is 0 Å². The number of aliphatic hydroxyl groups is 4. The molecule has 0 aromatic carbocycles. The first kappa shape index (κ1) is 21.0. The van der Waals surface area contributed by atoms with Crippen molar-refractivity contribution in [3.05, 3.63) is 0 Å². The molecule has 110 valence electrons. The number of ether oxygens (including phenoxy) is 1. The van der Waals surface area contributed by atoms with Crippen molar-refractivity contribution in [3.8, 4) is 0 Å². The third kappa shape index (κ3) is 5.75. The van der Waals surface area contributed by atoms with Crippen LogP contribution in [0, 0.1) is 0 Å². The molecule has 2 radical (unpaired) electrons. The summed E-state index contributed by atoms with van der Waals surface area (Å²) in [6.45, 7) is -0.730. The number of phosphoric acid groups is 1. The van der Waals surface area contributed by atoms with Gasteiger partial charge < -0.3 is 40.4 Å². The van der Waals surface area contributed by atoms with E-state index < -0.39 is 45.1 Å². The molecular formula is C6H17O10PSn. The van der Waals surface area contributed by atoms with E-state index in [9.17, 15) is 14.8 Å². The minimum atomic E-state index is -4.73. The average molecular weight is 399 g/mol. The zero-order valence-electron chi connectivity index (χ0n) is 9.16. The molecule has 0 bridgehead atoms. The molecule has 0 amide bonds. The van der Waals surface area contributed by atoms with Gasteiger partial charge in [-0.2, -0.15) is 0 Å². The Hall–Kier alpha value is 0.669. The first-order valence-corrected chi connectivity index (χ1v) is 5.83. The Morgan fingerprint density at radius 2 is 1.56 bits per heavy atom. The van der Waals surface area contributed by atoms with Crippen molar-refractivity contribution in [1.29, 1.82) is 0 Å². The predicted molar refractivity (Wildman–Crippen MR) is 59.1 cm³/mol. The summed E-state index contributed by atoms with van der Waals surface area (Å²) in [5, 5.41) is 36.7. The van der Waals surface area contributed by atoms with Crippen LogP contribution in [0.3, 0.4) is 0 Å². The Morgan fingerprint density at radius 1 is 1.06 bits per heavy atom. The molecule has 1 fully saturated rings. The van der Waals surface area contributed by atoms with Crippen LogP contribution in [0.1, 0.15) is 0 Å². The number of hydrogen-bond acceptors (Lipinski definition) is 7. The molecule has 0 spiro atoms. The molecular weight excluding hydrogens is 382 g/mol. The third-order valence-corrected chi connectivity index (χ3v) is 2.58. The summed E-state index contributed by atoms with van der Waals surface area (Å²) in [5.41, 5.74) is 0. The van der Waals surface area contributed by atoms with Crippen LogP contribution in [-0.2, 0) is 13.8 Å². The SMILES string of the molecule is O.O=P(O)(O)OC[C@H]1O[C@H](O)[C@H](O)[C@@H](O)[C@@H]1O.[SnH2]. The van der Waals surface area contributed by atoms with Gasteiger partial charge in [-0.15, -0.1) is 0 Å². The molecule has 1 aliphatic rings. The first-order chi connectivity index (χ1) is 7.22. The normalized spacial score (nSPS) is 36.4. The first-order valence-electron chi connectivity index (χ1n) is 4.30. The fraction of sp³-hybridized carbons (Fsp3) is 1.00. The van der Waals surface area contributed by atoms with E-state index in [1.807, 2.05) is 0 Å². The van der Waals surface area contributed by atoms with Gasteiger partial charge in [0.05, 0.1) is 6.61 Å². The maximum atomic E-state index is 10.4. The molecule has 1 saturated heterocycles. The molecule has 0 aliphatic carbocycles. The van der Waals surface area contributed by atoms with Crippen molar-refractivity contribution in [2.45, 2.75) is 30.7 Å². The average Bonchev–Trinajstić information content (AvgIpc) is 2.17. The molecule has 0 aromatic heterocycles. The van der Waals surface area contributed by atoms with Gasteiger partial charge in [-0.05, 0) is 0 Å². The van der Waals surface area contributed by atoms with Crippen molar-refractivity contribution < 1.29 is 49.5 Å². The van der Waals surface area contributed by atoms with Crippen LogP contribution < -0.4 is 0 Å². The van der Waals surface area contributed by atoms with Crippen LogP contribution >= 0.6 is 7.82 Å². The van der Waals surface area contributed by atoms with E-state index in [2.05, 4.69) is 9.26 Å². The Morgan fingerprint density at radius 3 is 2.00 bits per heavy atom. The van der Waals surface area contributed by atoms with E-state index in [-0.39, 0.29) is 29.4 Å². The van der Waals surface area contributed by atoms with Crippen molar-refractivity contribution >= 4 is 31.7 Å². The molecule has 5 atom stereocenters. The van der Waals surface area contributed by atoms with Crippen LogP contribution in [0.15, 0.2) is 0 Å². The van der Waals surface area contributed by atoms with Crippen molar-refractivity contribution in [1.82, 2.24) is 0 Å². The van der Waals surface area contributed by atoms with Crippen LogP contribution in [0.2, 0.25) is 0 Å². The van der Waals surface area contributed by atoms with Crippen molar-refractivity contribution in [3.63, 3.8) is 0 Å². The molecule has 0 aromatic rings. The number of phosphoric ester groups is 1. The predicted octanol–water partition coefficient (Wildman–Crippen LogP) is -4.85. The molecule has 1 heterocycles. The fourth-order valence-corrected chi connectivity index (χ4v) is 1.58. The van der Waals surface area contributed by atoms with Gasteiger partial charge >= 0.3 is 31.7 Å². The summed E-state index contributed by atoms with van der Waals surface area (Å²) in [5.74, 6) is 0. The van der Waals surface area contributed by atoms with Crippen molar-refractivity contribution in [2.75, 3.05) is 6.61 Å². The second kappa shape index (κ2) is 8.07. The number of rotatable bonds is 3. The Balaban J connectivity index is 0. The second-order valence-corrected chi connectivity index (χ2v) is 4.56. The van der Waals surface area contributed by atoms with Crippen molar-refractivity contribution in [2.24, 2.45) is 0 Å². The van der Waals surface area contributed by atoms with Gasteiger partial charge in [0, 0.05) is 0 Å². The zero-order valence-corrected chi connectivity index (χ0v) is 14.1. The topological polar surface area (TPSA) is 188 Å². The zero-order chi connectivity index (χ0) is 12.5. The summed E-state index contributed by atoms with van der Waals surface area (Å²) in [6.07, 6.45) is -8.11. The van der Waals surface area contributed by atoms with Crippen LogP contribution in [-0.4, -0.2) is 96.9 Å². The van der Waals surface area contributed by atoms with Gasteiger partial charge in [-0.3, -0.25) is 4.52 Å². The van der Waals surface area contributed by atoms with Crippen LogP contribution in [0.25, 0.3) is 0 Å². The van der Waals surface area contributed by atoms with Gasteiger partial charge in [0.25, 0.3) is 0 Å². The van der Waals surface area contributed by atoms with Crippen LogP contribution in [0.4, 0.5) is 0 Å². The van der Waals surface area contributed by atoms with Gasteiger partial charge in [0.2, 0.25) is 0 Å². The van der Waals surface area contributed by atoms with E-state index in [1.165, 1.54) is 0 Å². The molecule has 1 aliphatic heterocycles. The van der Waals surface area contributed by atoms with E-state index in [4.69, 9.17) is 20.0 Å². The summed E-state index contributed by atoms with van der Waals surface area (Å²) in [6, 6.07) is 0. The minimum absolute atomic E-state index is 0. The number of aliphatic hydroxyl groups excluding tert-OH is 4. The molecule has 1 rings (SSSR count). The van der Waals surface area contributed by atoms with Crippen LogP contribution in [0.5, 0.6) is 0 Å². The molecule has 12 heteroatoms. The van der Waals surface area contributed by atoms with Gasteiger partial charge in [-0.25, -0.2) is 4.57 Å². The van der Waals surface area contributed by atoms with Gasteiger partial charge in [0.15, 0.2) is 6.29 Å².